The molecule has 0 radical (unpaired) electrons. The van der Waals surface area contributed by atoms with Gasteiger partial charge in [-0.15, -0.1) is 11.8 Å². The third-order valence-corrected chi connectivity index (χ3v) is 8.56. The number of rotatable bonds is 5. The first-order valence-corrected chi connectivity index (χ1v) is 11.5. The molecule has 144 valence electrons. The van der Waals surface area contributed by atoms with E-state index < -0.39 is 10.0 Å². The number of ether oxygens (including phenoxy) is 1. The van der Waals surface area contributed by atoms with E-state index in [1.807, 2.05) is 55.9 Å². The maximum absolute atomic E-state index is 12.8. The van der Waals surface area contributed by atoms with E-state index in [1.165, 1.54) is 0 Å². The second-order valence-electron chi connectivity index (χ2n) is 7.49. The average molecular weight is 405 g/mol. The van der Waals surface area contributed by atoms with Crippen molar-refractivity contribution in [2.75, 3.05) is 18.8 Å². The van der Waals surface area contributed by atoms with Gasteiger partial charge in [0.05, 0.1) is 23.3 Å². The summed E-state index contributed by atoms with van der Waals surface area (Å²) in [5.74, 6) is 0.907. The van der Waals surface area contributed by atoms with Crippen molar-refractivity contribution < 1.29 is 13.2 Å². The van der Waals surface area contributed by atoms with Crippen molar-refractivity contribution in [3.05, 3.63) is 59.4 Å². The lowest BCUT2D eigenvalue weighted by atomic mass is 9.95. The van der Waals surface area contributed by atoms with Crippen LogP contribution in [0.25, 0.3) is 0 Å². The number of nitrogens with zero attached hydrogens (tertiary/aromatic N) is 2. The predicted molar refractivity (Wildman–Crippen MR) is 107 cm³/mol. The molecule has 1 aromatic heterocycles. The number of aromatic nitrogens is 1. The van der Waals surface area contributed by atoms with E-state index in [1.54, 1.807) is 16.4 Å². The molecule has 7 heteroatoms. The summed E-state index contributed by atoms with van der Waals surface area (Å²) in [7, 11) is -3.39. The molecule has 4 rings (SSSR count). The molecule has 2 saturated heterocycles. The van der Waals surface area contributed by atoms with Crippen molar-refractivity contribution in [3.8, 4) is 0 Å². The van der Waals surface area contributed by atoms with Gasteiger partial charge < -0.3 is 4.74 Å². The number of pyridine rings is 1. The first-order chi connectivity index (χ1) is 12.9. The monoisotopic (exact) mass is 404 g/mol. The van der Waals surface area contributed by atoms with Crippen LogP contribution in [0, 0.1) is 13.8 Å². The van der Waals surface area contributed by atoms with Gasteiger partial charge in [-0.25, -0.2) is 8.42 Å². The van der Waals surface area contributed by atoms with Crippen LogP contribution in [0.15, 0.2) is 47.4 Å². The van der Waals surface area contributed by atoms with Crippen LogP contribution in [0.4, 0.5) is 0 Å². The van der Waals surface area contributed by atoms with Crippen molar-refractivity contribution in [3.63, 3.8) is 0 Å². The van der Waals surface area contributed by atoms with Crippen LogP contribution in [0.2, 0.25) is 0 Å². The quantitative estimate of drug-likeness (QED) is 0.766. The Labute approximate surface area is 165 Å². The van der Waals surface area contributed by atoms with Gasteiger partial charge in [-0.05, 0) is 44.5 Å². The molecule has 2 aliphatic rings. The minimum atomic E-state index is -3.39. The molecule has 0 saturated carbocycles. The van der Waals surface area contributed by atoms with Crippen molar-refractivity contribution in [2.24, 2.45) is 0 Å². The van der Waals surface area contributed by atoms with Gasteiger partial charge in [-0.3, -0.25) is 4.98 Å². The van der Waals surface area contributed by atoms with E-state index in [2.05, 4.69) is 4.98 Å². The van der Waals surface area contributed by atoms with E-state index in [4.69, 9.17) is 4.74 Å². The summed E-state index contributed by atoms with van der Waals surface area (Å²) in [4.78, 5) is 4.85. The lowest BCUT2D eigenvalue weighted by Crippen LogP contribution is -2.60. The summed E-state index contributed by atoms with van der Waals surface area (Å²) < 4.78 is 33.2. The lowest BCUT2D eigenvalue weighted by Gasteiger charge is -2.46. The Bertz CT molecular complexity index is 922. The molecule has 1 atom stereocenters. The molecular weight excluding hydrogens is 380 g/mol. The minimum absolute atomic E-state index is 0.00245. The highest BCUT2D eigenvalue weighted by atomic mass is 32.2. The maximum atomic E-state index is 12.8. The highest BCUT2D eigenvalue weighted by Crippen LogP contribution is 2.47. The number of sulfonamides is 1. The van der Waals surface area contributed by atoms with E-state index in [9.17, 15) is 8.42 Å². The van der Waals surface area contributed by atoms with Crippen LogP contribution in [-0.2, 0) is 21.4 Å². The van der Waals surface area contributed by atoms with Crippen LogP contribution in [0.1, 0.15) is 23.4 Å². The molecule has 2 fully saturated rings. The van der Waals surface area contributed by atoms with Gasteiger partial charge >= 0.3 is 0 Å². The highest BCUT2D eigenvalue weighted by Gasteiger charge is 2.53. The summed E-state index contributed by atoms with van der Waals surface area (Å²) in [6.07, 6.45) is 1.05. The smallest absolute Gasteiger partial charge is 0.243 e. The van der Waals surface area contributed by atoms with Gasteiger partial charge in [-0.1, -0.05) is 23.8 Å². The molecule has 0 amide bonds. The van der Waals surface area contributed by atoms with Crippen molar-refractivity contribution in [1.82, 2.24) is 9.29 Å². The fourth-order valence-corrected chi connectivity index (χ4v) is 6.97. The van der Waals surface area contributed by atoms with Crippen LogP contribution in [-0.4, -0.2) is 47.4 Å². The molecule has 3 heterocycles. The maximum Gasteiger partial charge on any atom is 0.243 e. The highest BCUT2D eigenvalue weighted by molar-refractivity contribution is 8.01. The zero-order valence-corrected chi connectivity index (χ0v) is 17.2. The van der Waals surface area contributed by atoms with E-state index in [-0.39, 0.29) is 10.9 Å². The fraction of sp³-hybridized carbons (Fsp3) is 0.450. The number of hydrogen-bond acceptors (Lipinski definition) is 5. The number of hydrogen-bond donors (Lipinski definition) is 0. The van der Waals surface area contributed by atoms with Crippen LogP contribution >= 0.6 is 11.8 Å². The SMILES string of the molecule is Cc1ccc(S(=O)(=O)N2CC3(C[C@@H](OCc4cccc(C)n4)CS3)C2)cc1. The van der Waals surface area contributed by atoms with Crippen LogP contribution in [0.3, 0.4) is 0 Å². The molecule has 0 unspecified atom stereocenters. The van der Waals surface area contributed by atoms with Crippen LogP contribution in [0.5, 0.6) is 0 Å². The van der Waals surface area contributed by atoms with Gasteiger partial charge in [-0.2, -0.15) is 4.31 Å². The predicted octanol–water partition coefficient (Wildman–Crippen LogP) is 3.16. The third kappa shape index (κ3) is 3.92. The standard InChI is InChI=1S/C20H24N2O3S2/c1-15-6-8-19(9-7-15)27(23,24)22-13-20(14-22)10-18(12-26-20)25-11-17-5-3-4-16(2)21-17/h3-9,18H,10-14H2,1-2H3/t18-/m1/s1. The first-order valence-electron chi connectivity index (χ1n) is 9.11. The summed E-state index contributed by atoms with van der Waals surface area (Å²) in [5.41, 5.74) is 2.99. The molecule has 0 aliphatic carbocycles. The van der Waals surface area contributed by atoms with Gasteiger partial charge in [0.25, 0.3) is 0 Å². The number of aryl methyl sites for hydroxylation is 2. The minimum Gasteiger partial charge on any atom is -0.371 e. The zero-order valence-electron chi connectivity index (χ0n) is 15.6. The second-order valence-corrected chi connectivity index (χ2v) is 10.9. The third-order valence-electron chi connectivity index (χ3n) is 5.18. The van der Waals surface area contributed by atoms with E-state index >= 15 is 0 Å². The Kier molecular flexibility index (Phi) is 5.05. The van der Waals surface area contributed by atoms with Gasteiger partial charge in [0.2, 0.25) is 10.0 Å². The summed E-state index contributed by atoms with van der Waals surface area (Å²) in [6.45, 7) is 5.57. The van der Waals surface area contributed by atoms with Crippen molar-refractivity contribution in [2.45, 2.75) is 42.6 Å². The Morgan fingerprint density at radius 1 is 1.19 bits per heavy atom. The van der Waals surface area contributed by atoms with E-state index in [0.29, 0.717) is 24.6 Å². The average Bonchev–Trinajstić information content (AvgIpc) is 3.04. The summed E-state index contributed by atoms with van der Waals surface area (Å²) in [6, 6.07) is 13.0. The van der Waals surface area contributed by atoms with Crippen LogP contribution < -0.4 is 0 Å². The number of benzene rings is 1. The van der Waals surface area contributed by atoms with Gasteiger partial charge in [0.1, 0.15) is 0 Å². The Hall–Kier alpha value is -1.41. The van der Waals surface area contributed by atoms with E-state index in [0.717, 1.165) is 29.1 Å². The normalized spacial score (nSPS) is 22.1. The molecule has 0 N–H and O–H groups in total. The molecule has 2 aliphatic heterocycles. The Morgan fingerprint density at radius 2 is 1.93 bits per heavy atom. The fourth-order valence-electron chi connectivity index (χ4n) is 3.64. The first kappa shape index (κ1) is 18.9. The molecule has 1 spiro atoms. The molecule has 2 aromatic rings. The molecule has 1 aromatic carbocycles. The van der Waals surface area contributed by atoms with Crippen molar-refractivity contribution >= 4 is 21.8 Å². The topological polar surface area (TPSA) is 59.5 Å². The second kappa shape index (κ2) is 7.20. The molecule has 0 bridgehead atoms. The van der Waals surface area contributed by atoms with Crippen molar-refractivity contribution in [1.29, 1.82) is 0 Å². The Morgan fingerprint density at radius 3 is 2.63 bits per heavy atom. The van der Waals surface area contributed by atoms with Gasteiger partial charge in [0, 0.05) is 29.3 Å². The van der Waals surface area contributed by atoms with Gasteiger partial charge in [0.15, 0.2) is 0 Å². The molecular formula is C20H24N2O3S2. The molecule has 5 nitrogen and oxygen atoms in total. The molecule has 27 heavy (non-hydrogen) atoms. The Balaban J connectivity index is 1.33. The number of thioether (sulfide) groups is 1. The summed E-state index contributed by atoms with van der Waals surface area (Å²) >= 11 is 1.84. The largest absolute Gasteiger partial charge is 0.371 e. The summed E-state index contributed by atoms with van der Waals surface area (Å²) in [5, 5.41) is 0. The lowest BCUT2D eigenvalue weighted by molar-refractivity contribution is 0.0380. The zero-order chi connectivity index (χ0) is 19.1.